The molecule has 5 saturated carbocycles. The van der Waals surface area contributed by atoms with Crippen molar-refractivity contribution in [2.24, 2.45) is 5.92 Å². The Morgan fingerprint density at radius 2 is 0.733 bits per heavy atom. The lowest BCUT2D eigenvalue weighted by Gasteiger charge is -2.39. The first-order valence-electron chi connectivity index (χ1n) is 49.0. The molecule has 48 heteroatoms. The normalized spacial score (nSPS) is 20.1. The molecule has 0 bridgehead atoms. The Labute approximate surface area is 891 Å². The Morgan fingerprint density at radius 3 is 1.09 bits per heavy atom. The van der Waals surface area contributed by atoms with Gasteiger partial charge in [-0.1, -0.05) is 136 Å². The van der Waals surface area contributed by atoms with E-state index in [-0.39, 0.29) is 194 Å². The maximum Gasteiger partial charge on any atom is 0.330 e. The first-order valence-corrected chi connectivity index (χ1v) is 50.9. The summed E-state index contributed by atoms with van der Waals surface area (Å²) in [5, 5.41) is 25.8. The number of ether oxygens (including phenoxy) is 8. The molecule has 0 radical (unpaired) electrons. The molecule has 9 unspecified atom stereocenters. The third-order valence-electron chi connectivity index (χ3n) is 27.2. The maximum atomic E-state index is 13.9. The van der Waals surface area contributed by atoms with Crippen LogP contribution >= 0.6 is 58.0 Å². The zero-order valence-electron chi connectivity index (χ0n) is 84.7. The second kappa shape index (κ2) is 51.0. The number of urea groups is 4. The van der Waals surface area contributed by atoms with Crippen molar-refractivity contribution in [3.05, 3.63) is 165 Å². The topological polar surface area (TPSA) is 436 Å². The molecule has 4 aliphatic heterocycles. The Morgan fingerprint density at radius 1 is 0.407 bits per heavy atom. The third-order valence-corrected chi connectivity index (χ3v) is 29.1. The standard InChI is InChI=1S/C27H33ClN6O4.C25H28Cl2F2N6O4.C25H29Cl2FN6O4.C25H32N6O4/c1-4-23(35)30-19-7-5-6-8-20(19)31-26-29-13-17-15-33(21-11-18(37-2)12-22(38-3)24(21)28)27(36)34(25(17)32-26)14-16-9-10-16;1-4-19(36)31-14-7-5-6-8-15(14)32-24-30-10-13-11-34(25(37)35(12-18(28)29)23(13)33-24)22-20(26)16(38-2)9-17(39-3)21(22)27;1-4-19(35)30-15-7-5-6-8-16(15)31-24-29-12-14-13-34(25(36)33(10-9-28)23(14)32-24)22-20(26)17(37-2)11-18(38-3)21(22)27;1-6-22(32)27-20-9-7-8-10-21(20)28-24-26-14-19-15(2)31(25(33)30(3)23(19)29-24)16-11-17(34-4)13-18(12-16)35-5/h4,11-13,16,19-20H,1,5-10,14-15H2,2-3H3,(H,30,35)(H,29,31,32);4,9-10,14-15,18H,1,5-8,11-12H2,2-3H3,(H,31,36)(H,30,32,33);4,11-12,15-16H,1,5-10,13H2,2-3H3,(H,30,35)(H,29,31,32);6,11-15,20-21H,1,7-10H2,2-5H3,(H,27,32)(H,26,28,29). The monoisotopic (exact) mass is 2170 g/mol. The molecule has 9 aliphatic rings. The summed E-state index contributed by atoms with van der Waals surface area (Å²) in [5.74, 6) is 5.33. The van der Waals surface area contributed by atoms with Crippen molar-refractivity contribution in [1.29, 1.82) is 0 Å². The van der Waals surface area contributed by atoms with Crippen LogP contribution in [0.25, 0.3) is 0 Å². The molecule has 802 valence electrons. The summed E-state index contributed by atoms with van der Waals surface area (Å²) < 4.78 is 83.9. The molecule has 0 saturated heterocycles. The quantitative estimate of drug-likeness (QED) is 0.0174. The molecular weight excluding hydrogens is 2050 g/mol. The molecule has 9 atom stereocenters. The number of amides is 12. The zero-order valence-corrected chi connectivity index (χ0v) is 88.5. The molecule has 40 nitrogen and oxygen atoms in total. The van der Waals surface area contributed by atoms with E-state index in [1.54, 1.807) is 92.0 Å². The van der Waals surface area contributed by atoms with Crippen LogP contribution in [-0.4, -0.2) is 233 Å². The number of halogens is 8. The predicted molar refractivity (Wildman–Crippen MR) is 570 cm³/mol. The lowest BCUT2D eigenvalue weighted by molar-refractivity contribution is -0.118. The predicted octanol–water partition coefficient (Wildman–Crippen LogP) is 18.0. The van der Waals surface area contributed by atoms with Gasteiger partial charge in [-0.15, -0.1) is 0 Å². The van der Waals surface area contributed by atoms with Crippen LogP contribution in [0.15, 0.2) is 118 Å². The van der Waals surface area contributed by atoms with Crippen molar-refractivity contribution < 1.29 is 89.4 Å². The third kappa shape index (κ3) is 25.6. The first kappa shape index (κ1) is 112. The van der Waals surface area contributed by atoms with Crippen molar-refractivity contribution in [3.63, 3.8) is 0 Å². The molecule has 8 aromatic rings. The number of hydrogen-bond donors (Lipinski definition) is 8. The second-order valence-corrected chi connectivity index (χ2v) is 38.5. The largest absolute Gasteiger partial charge is 0.497 e. The molecular formula is C102H122Cl5F3N24O16. The van der Waals surface area contributed by atoms with Gasteiger partial charge in [0.15, 0.2) is 0 Å². The zero-order chi connectivity index (χ0) is 108. The summed E-state index contributed by atoms with van der Waals surface area (Å²) in [6, 6.07) is 8.94. The Bertz CT molecular complexity index is 6260. The lowest BCUT2D eigenvalue weighted by Crippen LogP contribution is -2.50. The molecule has 4 aromatic heterocycles. The van der Waals surface area contributed by atoms with Crippen molar-refractivity contribution in [1.82, 2.24) is 61.1 Å². The smallest absolute Gasteiger partial charge is 0.330 e. The van der Waals surface area contributed by atoms with Gasteiger partial charge in [0.25, 0.3) is 6.43 Å². The molecule has 0 spiro atoms. The van der Waals surface area contributed by atoms with E-state index in [9.17, 15) is 51.5 Å². The van der Waals surface area contributed by atoms with E-state index in [1.165, 1.54) is 97.8 Å². The number of benzene rings is 4. The van der Waals surface area contributed by atoms with E-state index in [0.29, 0.717) is 86.5 Å². The lowest BCUT2D eigenvalue weighted by atomic mass is 9.90. The highest BCUT2D eigenvalue weighted by Gasteiger charge is 2.45. The average molecular weight is 2170 g/mol. The molecule has 17 rings (SSSR count). The van der Waals surface area contributed by atoms with Gasteiger partial charge in [-0.3, -0.25) is 58.4 Å². The summed E-state index contributed by atoms with van der Waals surface area (Å²) in [4.78, 5) is 150. The number of nitrogens with one attached hydrogen (secondary N) is 8. The number of methoxy groups -OCH3 is 8. The van der Waals surface area contributed by atoms with E-state index in [1.807, 2.05) is 6.92 Å². The molecule has 8 heterocycles. The number of anilines is 12. The molecule has 150 heavy (non-hydrogen) atoms. The van der Waals surface area contributed by atoms with Crippen LogP contribution in [0.2, 0.25) is 25.1 Å². The van der Waals surface area contributed by atoms with Gasteiger partial charge in [0.05, 0.1) is 118 Å². The Kier molecular flexibility index (Phi) is 37.9. The highest BCUT2D eigenvalue weighted by atomic mass is 35.5. The molecule has 5 aliphatic carbocycles. The fourth-order valence-electron chi connectivity index (χ4n) is 19.3. The van der Waals surface area contributed by atoms with Gasteiger partial charge in [-0.05, 0) is 101 Å². The van der Waals surface area contributed by atoms with Crippen LogP contribution in [0.3, 0.4) is 0 Å². The highest BCUT2D eigenvalue weighted by Crippen LogP contribution is 2.52. The Balaban J connectivity index is 0.000000158. The molecule has 5 fully saturated rings. The minimum Gasteiger partial charge on any atom is -0.497 e. The summed E-state index contributed by atoms with van der Waals surface area (Å²) in [6.45, 7) is 14.9. The number of aromatic nitrogens is 8. The molecule has 8 N–H and O–H groups in total. The van der Waals surface area contributed by atoms with Crippen LogP contribution in [0.5, 0.6) is 46.0 Å². The van der Waals surface area contributed by atoms with Gasteiger partial charge in [0.1, 0.15) is 101 Å². The fraction of sp³-hybridized carbons (Fsp3) is 0.451. The highest BCUT2D eigenvalue weighted by molar-refractivity contribution is 6.43. The van der Waals surface area contributed by atoms with Gasteiger partial charge in [-0.2, -0.15) is 19.9 Å². The summed E-state index contributed by atoms with van der Waals surface area (Å²) in [5.41, 5.74) is 3.98. The minimum atomic E-state index is -2.85. The van der Waals surface area contributed by atoms with Gasteiger partial charge < -0.3 is 80.4 Å². The first-order chi connectivity index (χ1) is 72.3. The Hall–Kier alpha value is -14.0. The van der Waals surface area contributed by atoms with E-state index < -0.39 is 31.7 Å². The van der Waals surface area contributed by atoms with Crippen LogP contribution in [0.1, 0.15) is 151 Å². The van der Waals surface area contributed by atoms with Gasteiger partial charge in [-0.25, -0.2) is 52.3 Å². The van der Waals surface area contributed by atoms with Gasteiger partial charge in [0.2, 0.25) is 47.4 Å². The number of hydrogen-bond acceptors (Lipinski definition) is 28. The number of rotatable bonds is 34. The van der Waals surface area contributed by atoms with Crippen molar-refractivity contribution >= 4 is 176 Å². The van der Waals surface area contributed by atoms with E-state index in [2.05, 4.69) is 98.8 Å². The fourth-order valence-corrected chi connectivity index (χ4v) is 21.0. The van der Waals surface area contributed by atoms with Gasteiger partial charge >= 0.3 is 24.1 Å². The average Bonchev–Trinajstić information content (AvgIpc) is 1.43. The summed E-state index contributed by atoms with van der Waals surface area (Å²) >= 11 is 32.8. The molecule has 4 aromatic carbocycles. The number of alkyl halides is 3. The van der Waals surface area contributed by atoms with Crippen molar-refractivity contribution in [2.45, 2.75) is 203 Å². The van der Waals surface area contributed by atoms with Crippen molar-refractivity contribution in [2.75, 3.05) is 151 Å². The van der Waals surface area contributed by atoms with E-state index in [4.69, 9.17) is 106 Å². The number of carbonyl (C=O) groups is 8. The van der Waals surface area contributed by atoms with E-state index >= 15 is 0 Å². The second-order valence-electron chi connectivity index (χ2n) is 36.7. The number of carbonyl (C=O) groups excluding carboxylic acids is 8. The number of fused-ring (bicyclic) bond motifs is 4. The number of nitrogens with zero attached hydrogens (tertiary/aromatic N) is 16. The SMILES string of the molecule is C=CC(=O)NC1CCCCC1Nc1ncc2c(n1)N(C)C(=O)N(c1cc(OC)cc(OC)c1)C2C.C=CC(=O)NC1CCCCC1Nc1ncc2c(n1)N(CC(F)F)C(=O)N(c1c(Cl)c(OC)cc(OC)c1Cl)C2.C=CC(=O)NC1CCCCC1Nc1ncc2c(n1)N(CC1CC1)C(=O)N(c1cc(OC)cc(OC)c1Cl)C2.C=CC(=O)NC1CCCCC1Nc1ncc2c(n1)N(CCF)C(=O)N(c1c(Cl)c(OC)cc(OC)c1Cl)C2. The molecule has 12 amide bonds. The summed E-state index contributed by atoms with van der Waals surface area (Å²) in [6.07, 6.45) is 25.5. The van der Waals surface area contributed by atoms with Crippen LogP contribution in [-0.2, 0) is 38.8 Å². The van der Waals surface area contributed by atoms with Crippen LogP contribution in [0.4, 0.5) is 102 Å². The van der Waals surface area contributed by atoms with Crippen LogP contribution < -0.4 is 120 Å². The van der Waals surface area contributed by atoms with Crippen molar-refractivity contribution in [3.8, 4) is 46.0 Å². The summed E-state index contributed by atoms with van der Waals surface area (Å²) in [7, 11) is 13.6. The van der Waals surface area contributed by atoms with E-state index in [0.717, 1.165) is 132 Å². The van der Waals surface area contributed by atoms with Gasteiger partial charge in [0, 0.05) is 151 Å². The maximum absolute atomic E-state index is 13.9. The van der Waals surface area contributed by atoms with Crippen LogP contribution in [0, 0.1) is 5.92 Å². The minimum absolute atomic E-state index is 0.00605.